The van der Waals surface area contributed by atoms with Crippen molar-refractivity contribution in [1.29, 1.82) is 0 Å². The normalized spacial score (nSPS) is 32.1. The van der Waals surface area contributed by atoms with Crippen LogP contribution in [0.15, 0.2) is 24.8 Å². The lowest BCUT2D eigenvalue weighted by molar-refractivity contribution is -0.944. The van der Waals surface area contributed by atoms with Gasteiger partial charge in [0, 0.05) is 45.0 Å². The van der Waals surface area contributed by atoms with Crippen molar-refractivity contribution in [3.63, 3.8) is 0 Å². The fourth-order valence-corrected chi connectivity index (χ4v) is 7.77. The van der Waals surface area contributed by atoms with E-state index in [1.54, 1.807) is 13.1 Å². The van der Waals surface area contributed by atoms with Gasteiger partial charge >= 0.3 is 6.09 Å². The monoisotopic (exact) mass is 555 g/mol. The van der Waals surface area contributed by atoms with Crippen molar-refractivity contribution in [2.24, 2.45) is 11.7 Å². The molecule has 1 spiro atoms. The fourth-order valence-electron chi connectivity index (χ4n) is 7.77. The predicted octanol–water partition coefficient (Wildman–Crippen LogP) is 1.66. The van der Waals surface area contributed by atoms with Crippen molar-refractivity contribution in [3.8, 4) is 11.5 Å². The smallest absolute Gasteiger partial charge is 0.415 e. The Balaban J connectivity index is 1.37. The highest BCUT2D eigenvalue weighted by molar-refractivity contribution is 5.90. The first-order valence-electron chi connectivity index (χ1n) is 14.4. The molecule has 2 aliphatic heterocycles. The van der Waals surface area contributed by atoms with Crippen molar-refractivity contribution < 1.29 is 33.4 Å². The number of aliphatic hydroxyl groups is 1. The number of ether oxygens (including phenoxy) is 2. The summed E-state index contributed by atoms with van der Waals surface area (Å²) in [6.07, 6.45) is 2.95. The van der Waals surface area contributed by atoms with Crippen molar-refractivity contribution in [1.82, 2.24) is 10.2 Å². The summed E-state index contributed by atoms with van der Waals surface area (Å²) in [7, 11) is 3.75. The Morgan fingerprint density at radius 2 is 2.12 bits per heavy atom. The molecule has 1 saturated carbocycles. The summed E-state index contributed by atoms with van der Waals surface area (Å²) in [6.45, 7) is 9.94. The number of ketones is 1. The largest absolute Gasteiger partial charge is 0.477 e. The molecule has 1 unspecified atom stereocenters. The number of hydrogen-bond acceptors (Lipinski definition) is 7. The molecule has 4 aliphatic rings. The van der Waals surface area contributed by atoms with Crippen molar-refractivity contribution in [2.45, 2.75) is 75.2 Å². The van der Waals surface area contributed by atoms with Gasteiger partial charge in [0.05, 0.1) is 31.6 Å². The maximum absolute atomic E-state index is 13.3. The highest BCUT2D eigenvalue weighted by atomic mass is 16.6. The average molecular weight is 556 g/mol. The van der Waals surface area contributed by atoms with Gasteiger partial charge in [-0.3, -0.25) is 9.59 Å². The van der Waals surface area contributed by atoms with Crippen LogP contribution in [-0.4, -0.2) is 96.3 Å². The summed E-state index contributed by atoms with van der Waals surface area (Å²) >= 11 is 0. The van der Waals surface area contributed by atoms with Crippen LogP contribution in [0.5, 0.6) is 11.5 Å². The van der Waals surface area contributed by atoms with E-state index in [0.29, 0.717) is 41.8 Å². The van der Waals surface area contributed by atoms with Crippen molar-refractivity contribution in [3.05, 3.63) is 35.9 Å². The number of nitrogens with one attached hydrogen (secondary N) is 1. The number of carbonyl (C=O) groups is 3. The van der Waals surface area contributed by atoms with Gasteiger partial charge in [-0.15, -0.1) is 0 Å². The minimum Gasteiger partial charge on any atom is -0.477 e. The minimum absolute atomic E-state index is 0.0203. The molecular weight excluding hydrogens is 512 g/mol. The lowest BCUT2D eigenvalue weighted by atomic mass is 9.48. The number of rotatable bonds is 9. The number of Topliss-reactive ketones (excluding diaryl/α,β-unsaturated/α-hetero) is 1. The van der Waals surface area contributed by atoms with Crippen molar-refractivity contribution in [2.75, 3.05) is 40.3 Å². The van der Waals surface area contributed by atoms with E-state index in [1.165, 1.54) is 4.90 Å². The topological polar surface area (TPSA) is 131 Å². The van der Waals surface area contributed by atoms with Gasteiger partial charge < -0.3 is 35.0 Å². The molecule has 0 radical (unpaired) electrons. The standard InChI is InChI=1S/C30H42N4O6/c1-6-14-34(5)15-11-29-24-19-7-8-22(25(24)40-26(29)21(35)9-10-30(29,38)23(34)17-19)39-28(37)33(4)13-12-32-27(36)20(31)16-18(2)3/h6-8,18,20,23,26,38H,1,9-17,31H2,2-5H3/p+1/t20-,23-,26-,29-,30+,34?/m0/s1. The number of likely N-dealkylation sites (tertiary alicyclic amines) is 1. The second-order valence-corrected chi connectivity index (χ2v) is 12.7. The number of benzene rings is 1. The van der Waals surface area contributed by atoms with E-state index >= 15 is 0 Å². The molecule has 2 fully saturated rings. The third kappa shape index (κ3) is 4.23. The molecule has 1 aromatic carbocycles. The van der Waals surface area contributed by atoms with Crippen LogP contribution in [-0.2, 0) is 21.4 Å². The third-order valence-corrected chi connectivity index (χ3v) is 9.75. The molecule has 2 heterocycles. The van der Waals surface area contributed by atoms with Crippen LogP contribution >= 0.6 is 0 Å². The van der Waals surface area contributed by atoms with Crippen LogP contribution in [0.2, 0.25) is 0 Å². The number of quaternary nitrogens is 1. The molecule has 40 heavy (non-hydrogen) atoms. The molecule has 10 heteroatoms. The van der Waals surface area contributed by atoms with Gasteiger partial charge in [0.2, 0.25) is 5.91 Å². The summed E-state index contributed by atoms with van der Waals surface area (Å²) in [5, 5.41) is 15.2. The van der Waals surface area contributed by atoms with Crippen molar-refractivity contribution >= 4 is 17.8 Å². The molecule has 10 nitrogen and oxygen atoms in total. The lowest BCUT2D eigenvalue weighted by Crippen LogP contribution is -2.80. The van der Waals surface area contributed by atoms with Gasteiger partial charge in [-0.2, -0.15) is 0 Å². The van der Waals surface area contributed by atoms with Crippen LogP contribution in [0, 0.1) is 5.92 Å². The highest BCUT2D eigenvalue weighted by Gasteiger charge is 2.76. The molecule has 218 valence electrons. The molecule has 4 N–H and O–H groups in total. The summed E-state index contributed by atoms with van der Waals surface area (Å²) in [4.78, 5) is 39.9. The van der Waals surface area contributed by atoms with E-state index in [4.69, 9.17) is 15.2 Å². The Morgan fingerprint density at radius 3 is 2.83 bits per heavy atom. The second kappa shape index (κ2) is 10.2. The fraction of sp³-hybridized carbons (Fsp3) is 0.633. The van der Waals surface area contributed by atoms with Gasteiger partial charge in [0.1, 0.15) is 11.6 Å². The first-order chi connectivity index (χ1) is 18.9. The minimum atomic E-state index is -1.12. The van der Waals surface area contributed by atoms with E-state index in [9.17, 15) is 19.5 Å². The number of carbonyl (C=O) groups excluding carboxylic acids is 3. The van der Waals surface area contributed by atoms with Crippen LogP contribution in [0.3, 0.4) is 0 Å². The van der Waals surface area contributed by atoms with Crippen LogP contribution in [0.1, 0.15) is 50.7 Å². The highest BCUT2D eigenvalue weighted by Crippen LogP contribution is 2.65. The zero-order valence-electron chi connectivity index (χ0n) is 24.1. The molecule has 1 aromatic rings. The van der Waals surface area contributed by atoms with E-state index in [0.717, 1.165) is 24.2 Å². The molecule has 2 amide bonds. The Hall–Kier alpha value is -2.95. The Morgan fingerprint density at radius 1 is 1.38 bits per heavy atom. The first kappa shape index (κ1) is 28.6. The number of likely N-dealkylation sites (N-methyl/N-ethyl adjacent to an activating group) is 2. The summed E-state index contributed by atoms with van der Waals surface area (Å²) in [5.74, 6) is 0.667. The summed E-state index contributed by atoms with van der Waals surface area (Å²) in [6, 6.07) is 2.98. The SMILES string of the molecule is C=CC[N+]1(C)CC[C@]23c4c5ccc(OC(=O)N(C)CCNC(=O)[C@@H](N)CC(C)C)c4O[C@H]2C(=O)CC[C@@]3(O)[C@@H]1C5. The second-order valence-electron chi connectivity index (χ2n) is 12.7. The van der Waals surface area contributed by atoms with Gasteiger partial charge in [-0.1, -0.05) is 26.5 Å². The zero-order chi connectivity index (χ0) is 29.0. The third-order valence-electron chi connectivity index (χ3n) is 9.75. The number of nitrogens with zero attached hydrogens (tertiary/aromatic N) is 2. The Bertz CT molecular complexity index is 1230. The molecule has 0 aromatic heterocycles. The predicted molar refractivity (Wildman–Crippen MR) is 149 cm³/mol. The van der Waals surface area contributed by atoms with E-state index < -0.39 is 29.3 Å². The Kier molecular flexibility index (Phi) is 7.25. The molecule has 2 aliphatic carbocycles. The molecule has 6 atom stereocenters. The van der Waals surface area contributed by atoms with E-state index in [1.807, 2.05) is 26.0 Å². The number of nitrogens with two attached hydrogens (primary N) is 1. The molecular formula is C30H43N4O6+. The van der Waals surface area contributed by atoms with Crippen LogP contribution in [0.4, 0.5) is 4.79 Å². The van der Waals surface area contributed by atoms with Gasteiger partial charge in [0.15, 0.2) is 23.4 Å². The van der Waals surface area contributed by atoms with E-state index in [2.05, 4.69) is 18.9 Å². The van der Waals surface area contributed by atoms with Crippen LogP contribution < -0.4 is 20.5 Å². The summed E-state index contributed by atoms with van der Waals surface area (Å²) in [5.41, 5.74) is 5.81. The lowest BCUT2D eigenvalue weighted by Gasteiger charge is -2.64. The van der Waals surface area contributed by atoms with Gasteiger partial charge in [0.25, 0.3) is 0 Å². The average Bonchev–Trinajstić information content (AvgIpc) is 3.26. The zero-order valence-corrected chi connectivity index (χ0v) is 24.1. The number of piperidine rings is 1. The number of hydrogen-bond donors (Lipinski definition) is 3. The van der Waals surface area contributed by atoms with Crippen LogP contribution in [0.25, 0.3) is 0 Å². The molecule has 1 saturated heterocycles. The Labute approximate surface area is 236 Å². The summed E-state index contributed by atoms with van der Waals surface area (Å²) < 4.78 is 12.8. The first-order valence-corrected chi connectivity index (χ1v) is 14.4. The maximum atomic E-state index is 13.3. The maximum Gasteiger partial charge on any atom is 0.415 e. The molecule has 2 bridgehead atoms. The van der Waals surface area contributed by atoms with Gasteiger partial charge in [-0.05, 0) is 36.5 Å². The van der Waals surface area contributed by atoms with Gasteiger partial charge in [-0.25, -0.2) is 4.79 Å². The molecule has 5 rings (SSSR count). The number of amides is 2. The van der Waals surface area contributed by atoms with E-state index in [-0.39, 0.29) is 43.0 Å². The quantitative estimate of drug-likeness (QED) is 0.312.